The van der Waals surface area contributed by atoms with Crippen LogP contribution < -0.4 is 0 Å². The van der Waals surface area contributed by atoms with E-state index >= 15 is 0 Å². The molecule has 0 saturated heterocycles. The van der Waals surface area contributed by atoms with E-state index in [1.54, 1.807) is 6.07 Å². The van der Waals surface area contributed by atoms with Gasteiger partial charge in [-0.15, -0.1) is 0 Å². The predicted molar refractivity (Wildman–Crippen MR) is 65.0 cm³/mol. The quantitative estimate of drug-likeness (QED) is 0.772. The first-order valence-corrected chi connectivity index (χ1v) is 5.49. The summed E-state index contributed by atoms with van der Waals surface area (Å²) in [6.45, 7) is 3.03. The Balaban J connectivity index is 2.34. The largest absolute Gasteiger partial charge is 0.346 e. The topological polar surface area (TPSA) is 8.17 Å². The molecule has 1 aromatic carbocycles. The Morgan fingerprint density at radius 3 is 2.75 bits per heavy atom. The molecule has 0 bridgehead atoms. The molecule has 16 heavy (non-hydrogen) atoms. The fourth-order valence-electron chi connectivity index (χ4n) is 1.76. The highest BCUT2D eigenvalue weighted by Crippen LogP contribution is 2.17. The van der Waals surface area contributed by atoms with E-state index in [1.165, 1.54) is 6.07 Å². The minimum atomic E-state index is -0.176. The van der Waals surface area contributed by atoms with Crippen molar-refractivity contribution in [2.45, 2.75) is 19.5 Å². The summed E-state index contributed by atoms with van der Waals surface area (Å²) in [5.74, 6) is -0.176. The molecule has 0 saturated carbocycles. The monoisotopic (exact) mass is 220 g/mol. The van der Waals surface area contributed by atoms with Gasteiger partial charge in [0.05, 0.1) is 5.52 Å². The third-order valence-electron chi connectivity index (χ3n) is 3.08. The van der Waals surface area contributed by atoms with E-state index in [1.807, 2.05) is 18.3 Å². The molecular weight excluding hydrogens is 203 g/mol. The first-order chi connectivity index (χ1) is 7.58. The number of benzene rings is 1. The normalized spacial score (nSPS) is 13.6. The summed E-state index contributed by atoms with van der Waals surface area (Å²) in [6.07, 6.45) is 2.02. The van der Waals surface area contributed by atoms with Crippen LogP contribution in [-0.4, -0.2) is 29.6 Å². The molecular formula is C13H17FN2. The van der Waals surface area contributed by atoms with Gasteiger partial charge in [0.2, 0.25) is 0 Å². The highest BCUT2D eigenvalue weighted by Gasteiger charge is 2.08. The van der Waals surface area contributed by atoms with Crippen molar-refractivity contribution >= 4 is 10.9 Å². The summed E-state index contributed by atoms with van der Waals surface area (Å²) >= 11 is 0. The second kappa shape index (κ2) is 4.26. The van der Waals surface area contributed by atoms with Gasteiger partial charge in [0.15, 0.2) is 0 Å². The average Bonchev–Trinajstić information content (AvgIpc) is 2.61. The Hall–Kier alpha value is -1.35. The molecule has 0 aliphatic carbocycles. The van der Waals surface area contributed by atoms with Crippen LogP contribution >= 0.6 is 0 Å². The summed E-state index contributed by atoms with van der Waals surface area (Å²) in [4.78, 5) is 2.16. The van der Waals surface area contributed by atoms with Crippen LogP contribution in [0.4, 0.5) is 4.39 Å². The molecule has 1 atom stereocenters. The van der Waals surface area contributed by atoms with Gasteiger partial charge in [-0.2, -0.15) is 0 Å². The van der Waals surface area contributed by atoms with Crippen molar-refractivity contribution in [3.63, 3.8) is 0 Å². The summed E-state index contributed by atoms with van der Waals surface area (Å²) in [6, 6.07) is 7.37. The Morgan fingerprint density at radius 2 is 2.06 bits per heavy atom. The van der Waals surface area contributed by atoms with E-state index in [4.69, 9.17) is 0 Å². The second-order valence-corrected chi connectivity index (χ2v) is 4.48. The van der Waals surface area contributed by atoms with Crippen molar-refractivity contribution in [3.05, 3.63) is 36.3 Å². The Kier molecular flexibility index (Phi) is 2.97. The number of fused-ring (bicyclic) bond motifs is 1. The van der Waals surface area contributed by atoms with E-state index in [2.05, 4.69) is 30.5 Å². The number of rotatable bonds is 3. The zero-order valence-corrected chi connectivity index (χ0v) is 9.94. The molecule has 0 fully saturated rings. The molecule has 0 radical (unpaired) electrons. The van der Waals surface area contributed by atoms with Crippen molar-refractivity contribution < 1.29 is 4.39 Å². The Labute approximate surface area is 95.3 Å². The van der Waals surface area contributed by atoms with Gasteiger partial charge in [0, 0.05) is 18.8 Å². The van der Waals surface area contributed by atoms with E-state index < -0.39 is 0 Å². The fourth-order valence-corrected chi connectivity index (χ4v) is 1.76. The lowest BCUT2D eigenvalue weighted by molar-refractivity contribution is 0.286. The SMILES string of the molecule is C[C@H](Cn1ccc2ccc(F)cc21)N(C)C. The summed E-state index contributed by atoms with van der Waals surface area (Å²) in [5, 5.41) is 1.09. The van der Waals surface area contributed by atoms with Crippen LogP contribution in [-0.2, 0) is 6.54 Å². The highest BCUT2D eigenvalue weighted by atomic mass is 19.1. The maximum absolute atomic E-state index is 13.2. The van der Waals surface area contributed by atoms with E-state index in [0.29, 0.717) is 6.04 Å². The van der Waals surface area contributed by atoms with Crippen molar-refractivity contribution in [2.75, 3.05) is 14.1 Å². The number of halogens is 1. The van der Waals surface area contributed by atoms with Gasteiger partial charge in [0.1, 0.15) is 5.82 Å². The summed E-state index contributed by atoms with van der Waals surface area (Å²) < 4.78 is 15.3. The molecule has 2 nitrogen and oxygen atoms in total. The first-order valence-electron chi connectivity index (χ1n) is 5.49. The van der Waals surface area contributed by atoms with Crippen LogP contribution in [0.1, 0.15) is 6.92 Å². The number of hydrogen-bond acceptors (Lipinski definition) is 1. The highest BCUT2D eigenvalue weighted by molar-refractivity contribution is 5.80. The lowest BCUT2D eigenvalue weighted by atomic mass is 10.2. The third-order valence-corrected chi connectivity index (χ3v) is 3.08. The van der Waals surface area contributed by atoms with E-state index in [9.17, 15) is 4.39 Å². The smallest absolute Gasteiger partial charge is 0.125 e. The van der Waals surface area contributed by atoms with Crippen LogP contribution in [0, 0.1) is 5.82 Å². The molecule has 0 aliphatic rings. The third kappa shape index (κ3) is 2.09. The first kappa shape index (κ1) is 11.1. The molecule has 86 valence electrons. The molecule has 1 heterocycles. The van der Waals surface area contributed by atoms with Crippen molar-refractivity contribution in [3.8, 4) is 0 Å². The maximum atomic E-state index is 13.2. The number of nitrogens with zero attached hydrogens (tertiary/aromatic N) is 2. The number of hydrogen-bond donors (Lipinski definition) is 0. The van der Waals surface area contributed by atoms with Crippen LogP contribution in [0.15, 0.2) is 30.5 Å². The minimum absolute atomic E-state index is 0.176. The number of aromatic nitrogens is 1. The van der Waals surface area contributed by atoms with Gasteiger partial charge in [-0.25, -0.2) is 4.39 Å². The second-order valence-electron chi connectivity index (χ2n) is 4.48. The molecule has 1 aromatic heterocycles. The fraction of sp³-hybridized carbons (Fsp3) is 0.385. The molecule has 0 amide bonds. The summed E-state index contributed by atoms with van der Waals surface area (Å²) in [7, 11) is 4.11. The van der Waals surface area contributed by atoms with Crippen molar-refractivity contribution in [2.24, 2.45) is 0 Å². The Morgan fingerprint density at radius 1 is 1.31 bits per heavy atom. The van der Waals surface area contributed by atoms with Crippen LogP contribution in [0.3, 0.4) is 0 Å². The van der Waals surface area contributed by atoms with Crippen molar-refractivity contribution in [1.82, 2.24) is 9.47 Å². The van der Waals surface area contributed by atoms with Gasteiger partial charge >= 0.3 is 0 Å². The Bertz CT molecular complexity index is 488. The van der Waals surface area contributed by atoms with Gasteiger partial charge in [-0.3, -0.25) is 0 Å². The molecule has 2 aromatic rings. The molecule has 0 N–H and O–H groups in total. The molecule has 0 aliphatic heterocycles. The van der Waals surface area contributed by atoms with Crippen LogP contribution in [0.5, 0.6) is 0 Å². The summed E-state index contributed by atoms with van der Waals surface area (Å²) in [5.41, 5.74) is 0.966. The number of likely N-dealkylation sites (N-methyl/N-ethyl adjacent to an activating group) is 1. The lowest BCUT2D eigenvalue weighted by Crippen LogP contribution is -2.28. The minimum Gasteiger partial charge on any atom is -0.346 e. The van der Waals surface area contributed by atoms with E-state index in [0.717, 1.165) is 17.4 Å². The van der Waals surface area contributed by atoms with Gasteiger partial charge in [0.25, 0.3) is 0 Å². The lowest BCUT2D eigenvalue weighted by Gasteiger charge is -2.20. The van der Waals surface area contributed by atoms with Gasteiger partial charge in [-0.1, -0.05) is 0 Å². The van der Waals surface area contributed by atoms with Gasteiger partial charge < -0.3 is 9.47 Å². The van der Waals surface area contributed by atoms with Crippen LogP contribution in [0.25, 0.3) is 10.9 Å². The predicted octanol–water partition coefficient (Wildman–Crippen LogP) is 2.73. The zero-order chi connectivity index (χ0) is 11.7. The van der Waals surface area contributed by atoms with Crippen molar-refractivity contribution in [1.29, 1.82) is 0 Å². The van der Waals surface area contributed by atoms with Gasteiger partial charge in [-0.05, 0) is 50.7 Å². The standard InChI is InChI=1S/C13H17FN2/c1-10(15(2)3)9-16-7-6-11-4-5-12(14)8-13(11)16/h4-8,10H,9H2,1-3H3/t10-/m1/s1. The average molecular weight is 220 g/mol. The van der Waals surface area contributed by atoms with Crippen LogP contribution in [0.2, 0.25) is 0 Å². The molecule has 0 spiro atoms. The molecule has 3 heteroatoms. The maximum Gasteiger partial charge on any atom is 0.125 e. The zero-order valence-electron chi connectivity index (χ0n) is 9.94. The van der Waals surface area contributed by atoms with E-state index in [-0.39, 0.29) is 5.82 Å². The molecule has 0 unspecified atom stereocenters. The molecule has 2 rings (SSSR count).